The van der Waals surface area contributed by atoms with Crippen molar-refractivity contribution in [2.75, 3.05) is 57.9 Å². The monoisotopic (exact) mass is 387 g/mol. The summed E-state index contributed by atoms with van der Waals surface area (Å²) in [6.07, 6.45) is 0. The quantitative estimate of drug-likeness (QED) is 0.752. The normalized spacial score (nSPS) is 14.6. The van der Waals surface area contributed by atoms with Gasteiger partial charge in [0.15, 0.2) is 6.61 Å². The fraction of sp³-hybridized carbons (Fsp3) is 0.381. The van der Waals surface area contributed by atoms with Gasteiger partial charge in [-0.25, -0.2) is 4.39 Å². The summed E-state index contributed by atoms with van der Waals surface area (Å²) >= 11 is 0. The number of hydrogen-bond donors (Lipinski definition) is 1. The molecule has 7 heteroatoms. The van der Waals surface area contributed by atoms with Crippen molar-refractivity contribution < 1.29 is 18.7 Å². The Morgan fingerprint density at radius 3 is 2.39 bits per heavy atom. The zero-order valence-corrected chi connectivity index (χ0v) is 16.1. The third-order valence-corrected chi connectivity index (χ3v) is 4.74. The summed E-state index contributed by atoms with van der Waals surface area (Å²) < 4.78 is 24.4. The predicted octanol–water partition coefficient (Wildman–Crippen LogP) is 2.15. The van der Waals surface area contributed by atoms with Gasteiger partial charge in [0.25, 0.3) is 5.91 Å². The lowest BCUT2D eigenvalue weighted by atomic mass is 10.2. The second kappa shape index (κ2) is 9.94. The fourth-order valence-corrected chi connectivity index (χ4v) is 3.15. The van der Waals surface area contributed by atoms with Crippen molar-refractivity contribution in [1.82, 2.24) is 10.2 Å². The molecule has 1 fully saturated rings. The Labute approximate surface area is 164 Å². The Kier molecular flexibility index (Phi) is 7.08. The van der Waals surface area contributed by atoms with E-state index in [4.69, 9.17) is 9.47 Å². The molecule has 0 radical (unpaired) electrons. The van der Waals surface area contributed by atoms with Gasteiger partial charge in [0.2, 0.25) is 0 Å². The average Bonchev–Trinajstić information content (AvgIpc) is 2.73. The van der Waals surface area contributed by atoms with Gasteiger partial charge in [-0.2, -0.15) is 0 Å². The molecule has 2 aromatic rings. The Balaban J connectivity index is 1.32. The number of anilines is 1. The number of halogens is 1. The maximum absolute atomic E-state index is 13.9. The molecule has 6 nitrogen and oxygen atoms in total. The van der Waals surface area contributed by atoms with Gasteiger partial charge >= 0.3 is 0 Å². The summed E-state index contributed by atoms with van der Waals surface area (Å²) in [4.78, 5) is 16.3. The number of rotatable bonds is 8. The van der Waals surface area contributed by atoms with Crippen molar-refractivity contribution in [2.24, 2.45) is 0 Å². The molecule has 0 aliphatic carbocycles. The third kappa shape index (κ3) is 5.60. The average molecular weight is 387 g/mol. The van der Waals surface area contributed by atoms with Crippen LogP contribution in [0.25, 0.3) is 0 Å². The van der Waals surface area contributed by atoms with E-state index in [9.17, 15) is 9.18 Å². The number of ether oxygens (including phenoxy) is 2. The number of piperazine rings is 1. The smallest absolute Gasteiger partial charge is 0.257 e. The predicted molar refractivity (Wildman–Crippen MR) is 107 cm³/mol. The minimum Gasteiger partial charge on any atom is -0.497 e. The minimum absolute atomic E-state index is 0.0204. The highest BCUT2D eigenvalue weighted by Gasteiger charge is 2.19. The first kappa shape index (κ1) is 19.9. The summed E-state index contributed by atoms with van der Waals surface area (Å²) in [7, 11) is 1.60. The van der Waals surface area contributed by atoms with Crippen LogP contribution in [0.2, 0.25) is 0 Å². The lowest BCUT2D eigenvalue weighted by Crippen LogP contribution is -2.49. The van der Waals surface area contributed by atoms with E-state index in [-0.39, 0.29) is 18.3 Å². The van der Waals surface area contributed by atoms with Crippen molar-refractivity contribution in [3.8, 4) is 11.5 Å². The van der Waals surface area contributed by atoms with Crippen LogP contribution in [0.1, 0.15) is 0 Å². The van der Waals surface area contributed by atoms with Crippen LogP contribution in [0.5, 0.6) is 11.5 Å². The fourth-order valence-electron chi connectivity index (χ4n) is 3.15. The summed E-state index contributed by atoms with van der Waals surface area (Å²) in [5, 5.41) is 2.87. The van der Waals surface area contributed by atoms with Crippen molar-refractivity contribution in [1.29, 1.82) is 0 Å². The maximum atomic E-state index is 13.9. The van der Waals surface area contributed by atoms with Gasteiger partial charge in [-0.05, 0) is 36.4 Å². The van der Waals surface area contributed by atoms with Crippen LogP contribution in [0.4, 0.5) is 10.1 Å². The second-order valence-corrected chi connectivity index (χ2v) is 6.59. The molecule has 28 heavy (non-hydrogen) atoms. The van der Waals surface area contributed by atoms with Crippen molar-refractivity contribution in [2.45, 2.75) is 0 Å². The van der Waals surface area contributed by atoms with Crippen molar-refractivity contribution in [3.63, 3.8) is 0 Å². The van der Waals surface area contributed by atoms with E-state index in [1.54, 1.807) is 37.4 Å². The van der Waals surface area contributed by atoms with E-state index in [1.807, 2.05) is 12.1 Å². The molecule has 150 valence electrons. The van der Waals surface area contributed by atoms with Gasteiger partial charge in [0.1, 0.15) is 17.3 Å². The first-order chi connectivity index (χ1) is 13.7. The molecule has 0 saturated carbocycles. The molecular formula is C21H26FN3O3. The Morgan fingerprint density at radius 1 is 1.04 bits per heavy atom. The SMILES string of the molecule is COc1ccc(OCC(=O)NCCN2CCN(c3ccccc3F)CC2)cc1. The molecule has 0 bridgehead atoms. The van der Waals surface area contributed by atoms with Gasteiger partial charge < -0.3 is 19.7 Å². The molecule has 0 atom stereocenters. The summed E-state index contributed by atoms with van der Waals surface area (Å²) in [5.74, 6) is 1.04. The van der Waals surface area contributed by atoms with E-state index in [2.05, 4.69) is 15.1 Å². The molecule has 1 aliphatic rings. The molecule has 1 amide bonds. The molecular weight excluding hydrogens is 361 g/mol. The lowest BCUT2D eigenvalue weighted by Gasteiger charge is -2.36. The van der Waals surface area contributed by atoms with E-state index in [0.29, 0.717) is 18.0 Å². The zero-order valence-electron chi connectivity index (χ0n) is 16.1. The van der Waals surface area contributed by atoms with E-state index in [0.717, 1.165) is 38.5 Å². The summed E-state index contributed by atoms with van der Waals surface area (Å²) in [6.45, 7) is 4.53. The van der Waals surface area contributed by atoms with Crippen molar-refractivity contribution in [3.05, 3.63) is 54.3 Å². The van der Waals surface area contributed by atoms with E-state index < -0.39 is 0 Å². The number of para-hydroxylation sites is 1. The molecule has 1 aliphatic heterocycles. The van der Waals surface area contributed by atoms with Crippen LogP contribution in [-0.4, -0.2) is 63.8 Å². The van der Waals surface area contributed by atoms with Gasteiger partial charge in [0, 0.05) is 39.3 Å². The summed E-state index contributed by atoms with van der Waals surface area (Å²) in [6, 6.07) is 14.0. The van der Waals surface area contributed by atoms with Gasteiger partial charge in [0.05, 0.1) is 12.8 Å². The standard InChI is InChI=1S/C21H26FN3O3/c1-27-17-6-8-18(9-7-17)28-16-21(26)23-10-11-24-12-14-25(15-13-24)20-5-3-2-4-19(20)22/h2-9H,10-16H2,1H3,(H,23,26). The first-order valence-electron chi connectivity index (χ1n) is 9.41. The maximum Gasteiger partial charge on any atom is 0.257 e. The first-order valence-corrected chi connectivity index (χ1v) is 9.41. The summed E-state index contributed by atoms with van der Waals surface area (Å²) in [5.41, 5.74) is 0.658. The third-order valence-electron chi connectivity index (χ3n) is 4.74. The highest BCUT2D eigenvalue weighted by Crippen LogP contribution is 2.20. The van der Waals surface area contributed by atoms with E-state index >= 15 is 0 Å². The number of benzene rings is 2. The Morgan fingerprint density at radius 2 is 1.71 bits per heavy atom. The molecule has 1 heterocycles. The number of carbonyl (C=O) groups excluding carboxylic acids is 1. The van der Waals surface area contributed by atoms with Crippen LogP contribution in [0, 0.1) is 5.82 Å². The molecule has 0 spiro atoms. The topological polar surface area (TPSA) is 54.0 Å². The number of methoxy groups -OCH3 is 1. The highest BCUT2D eigenvalue weighted by molar-refractivity contribution is 5.77. The van der Waals surface area contributed by atoms with Crippen LogP contribution < -0.4 is 19.7 Å². The molecule has 2 aromatic carbocycles. The number of hydrogen-bond acceptors (Lipinski definition) is 5. The van der Waals surface area contributed by atoms with Gasteiger partial charge in [-0.1, -0.05) is 12.1 Å². The molecule has 0 aromatic heterocycles. The Hall–Kier alpha value is -2.80. The van der Waals surface area contributed by atoms with Crippen LogP contribution in [-0.2, 0) is 4.79 Å². The number of nitrogens with one attached hydrogen (secondary N) is 1. The largest absolute Gasteiger partial charge is 0.497 e. The van der Waals surface area contributed by atoms with Gasteiger partial charge in [-0.3, -0.25) is 9.69 Å². The van der Waals surface area contributed by atoms with Crippen LogP contribution >= 0.6 is 0 Å². The van der Waals surface area contributed by atoms with Crippen LogP contribution in [0.3, 0.4) is 0 Å². The highest BCUT2D eigenvalue weighted by atomic mass is 19.1. The molecule has 0 unspecified atom stereocenters. The van der Waals surface area contributed by atoms with E-state index in [1.165, 1.54) is 6.07 Å². The molecule has 3 rings (SSSR count). The number of amides is 1. The van der Waals surface area contributed by atoms with Crippen LogP contribution in [0.15, 0.2) is 48.5 Å². The number of carbonyl (C=O) groups is 1. The molecule has 1 N–H and O–H groups in total. The number of nitrogens with zero attached hydrogens (tertiary/aromatic N) is 2. The second-order valence-electron chi connectivity index (χ2n) is 6.59. The molecule has 1 saturated heterocycles. The lowest BCUT2D eigenvalue weighted by molar-refractivity contribution is -0.123. The zero-order chi connectivity index (χ0) is 19.8. The van der Waals surface area contributed by atoms with Crippen molar-refractivity contribution >= 4 is 11.6 Å². The Bertz CT molecular complexity index is 762. The minimum atomic E-state index is -0.180. The van der Waals surface area contributed by atoms with Gasteiger partial charge in [-0.15, -0.1) is 0 Å².